The van der Waals surface area contributed by atoms with Crippen LogP contribution in [0, 0.1) is 6.92 Å². The summed E-state index contributed by atoms with van der Waals surface area (Å²) in [4.78, 5) is 16.2. The molecule has 2 rings (SSSR count). The first-order chi connectivity index (χ1) is 8.70. The minimum atomic E-state index is 0.0190. The van der Waals surface area contributed by atoms with Crippen LogP contribution >= 0.6 is 0 Å². The van der Waals surface area contributed by atoms with Gasteiger partial charge in [0.15, 0.2) is 5.78 Å². The van der Waals surface area contributed by atoms with Crippen molar-refractivity contribution in [3.63, 3.8) is 0 Å². The lowest BCUT2D eigenvalue weighted by molar-refractivity contribution is 0.0989. The van der Waals surface area contributed by atoms with Gasteiger partial charge in [-0.05, 0) is 24.6 Å². The monoisotopic (exact) mass is 241 g/mol. The molecule has 0 aliphatic heterocycles. The summed E-state index contributed by atoms with van der Waals surface area (Å²) in [7, 11) is 1.52. The minimum absolute atomic E-state index is 0.0190. The number of ketones is 1. The largest absolute Gasteiger partial charge is 0.480 e. The van der Waals surface area contributed by atoms with Gasteiger partial charge in [0.25, 0.3) is 0 Å². The number of hydrogen-bond acceptors (Lipinski definition) is 3. The molecular formula is C15H15NO2. The first-order valence-corrected chi connectivity index (χ1v) is 5.78. The number of carbonyl (C=O) groups excluding carboxylic acids is 1. The average Bonchev–Trinajstić information content (AvgIpc) is 2.38. The summed E-state index contributed by atoms with van der Waals surface area (Å²) in [5.74, 6) is 0.403. The molecular weight excluding hydrogens is 226 g/mol. The first kappa shape index (κ1) is 12.3. The maximum atomic E-state index is 12.2. The van der Waals surface area contributed by atoms with E-state index in [0.29, 0.717) is 17.9 Å². The second kappa shape index (κ2) is 5.45. The third-order valence-electron chi connectivity index (χ3n) is 2.71. The van der Waals surface area contributed by atoms with E-state index < -0.39 is 0 Å². The number of carbonyl (C=O) groups is 1. The number of rotatable bonds is 4. The van der Waals surface area contributed by atoms with Crippen molar-refractivity contribution in [2.24, 2.45) is 0 Å². The molecule has 0 fully saturated rings. The van der Waals surface area contributed by atoms with Crippen molar-refractivity contribution in [3.8, 4) is 5.88 Å². The molecule has 1 aromatic heterocycles. The number of pyridine rings is 1. The van der Waals surface area contributed by atoms with E-state index in [1.807, 2.05) is 31.2 Å². The molecule has 0 atom stereocenters. The predicted molar refractivity (Wildman–Crippen MR) is 70.0 cm³/mol. The number of aryl methyl sites for hydroxylation is 1. The van der Waals surface area contributed by atoms with E-state index in [4.69, 9.17) is 4.74 Å². The Kier molecular flexibility index (Phi) is 3.72. The Bertz CT molecular complexity index is 564. The quantitative estimate of drug-likeness (QED) is 0.773. The molecule has 0 spiro atoms. The summed E-state index contributed by atoms with van der Waals surface area (Å²) in [5.41, 5.74) is 2.69. The summed E-state index contributed by atoms with van der Waals surface area (Å²) in [6, 6.07) is 11.4. The van der Waals surface area contributed by atoms with E-state index in [1.165, 1.54) is 7.11 Å². The first-order valence-electron chi connectivity index (χ1n) is 5.78. The molecule has 3 nitrogen and oxygen atoms in total. The molecule has 0 saturated carbocycles. The lowest BCUT2D eigenvalue weighted by Crippen LogP contribution is -2.06. The summed E-state index contributed by atoms with van der Waals surface area (Å²) in [5, 5.41) is 0. The van der Waals surface area contributed by atoms with E-state index in [0.717, 1.165) is 11.1 Å². The molecule has 2 aromatic rings. The molecule has 0 bridgehead atoms. The van der Waals surface area contributed by atoms with Crippen molar-refractivity contribution in [3.05, 3.63) is 59.3 Å². The summed E-state index contributed by atoms with van der Waals surface area (Å²) in [6.07, 6.45) is 1.98. The zero-order valence-electron chi connectivity index (χ0n) is 10.5. The van der Waals surface area contributed by atoms with Gasteiger partial charge in [0.2, 0.25) is 5.88 Å². The number of aromatic nitrogens is 1. The molecule has 92 valence electrons. The average molecular weight is 241 g/mol. The van der Waals surface area contributed by atoms with Crippen LogP contribution in [0.25, 0.3) is 0 Å². The second-order valence-corrected chi connectivity index (χ2v) is 4.15. The Morgan fingerprint density at radius 1 is 1.28 bits per heavy atom. The molecule has 1 aromatic carbocycles. The maximum absolute atomic E-state index is 12.2. The molecule has 0 unspecified atom stereocenters. The number of nitrogens with zero attached hydrogens (tertiary/aromatic N) is 1. The van der Waals surface area contributed by atoms with Crippen molar-refractivity contribution in [2.45, 2.75) is 13.3 Å². The van der Waals surface area contributed by atoms with E-state index in [-0.39, 0.29) is 5.78 Å². The van der Waals surface area contributed by atoms with E-state index in [1.54, 1.807) is 18.3 Å². The van der Waals surface area contributed by atoms with Crippen LogP contribution in [0.4, 0.5) is 0 Å². The molecule has 18 heavy (non-hydrogen) atoms. The minimum Gasteiger partial charge on any atom is -0.480 e. The molecule has 0 saturated heterocycles. The van der Waals surface area contributed by atoms with Crippen LogP contribution in [-0.2, 0) is 6.42 Å². The van der Waals surface area contributed by atoms with Gasteiger partial charge in [-0.25, -0.2) is 4.98 Å². The molecule has 0 aliphatic carbocycles. The summed E-state index contributed by atoms with van der Waals surface area (Å²) >= 11 is 0. The Labute approximate surface area is 106 Å². The number of methoxy groups -OCH3 is 1. The van der Waals surface area contributed by atoms with E-state index in [2.05, 4.69) is 4.98 Å². The zero-order valence-corrected chi connectivity index (χ0v) is 10.5. The number of benzene rings is 1. The van der Waals surface area contributed by atoms with Crippen LogP contribution in [0.2, 0.25) is 0 Å². The van der Waals surface area contributed by atoms with Gasteiger partial charge >= 0.3 is 0 Å². The van der Waals surface area contributed by atoms with E-state index >= 15 is 0 Å². The Balaban J connectivity index is 2.22. The fourth-order valence-electron chi connectivity index (χ4n) is 1.87. The third-order valence-corrected chi connectivity index (χ3v) is 2.71. The SMILES string of the molecule is COc1ncccc1C(=O)Cc1cccc(C)c1. The lowest BCUT2D eigenvalue weighted by Gasteiger charge is -2.06. The molecule has 1 heterocycles. The highest BCUT2D eigenvalue weighted by molar-refractivity contribution is 5.99. The standard InChI is InChI=1S/C15H15NO2/c1-11-5-3-6-12(9-11)10-14(17)13-7-4-8-16-15(13)18-2/h3-9H,10H2,1-2H3. The Morgan fingerprint density at radius 3 is 2.83 bits per heavy atom. The van der Waals surface area contributed by atoms with Crippen LogP contribution in [0.15, 0.2) is 42.6 Å². The fraction of sp³-hybridized carbons (Fsp3) is 0.200. The van der Waals surface area contributed by atoms with Crippen molar-refractivity contribution >= 4 is 5.78 Å². The van der Waals surface area contributed by atoms with Crippen LogP contribution in [0.3, 0.4) is 0 Å². The van der Waals surface area contributed by atoms with Gasteiger partial charge in [-0.3, -0.25) is 4.79 Å². The lowest BCUT2D eigenvalue weighted by atomic mass is 10.0. The van der Waals surface area contributed by atoms with Crippen LogP contribution in [0.5, 0.6) is 5.88 Å². The zero-order chi connectivity index (χ0) is 13.0. The third kappa shape index (κ3) is 2.74. The summed E-state index contributed by atoms with van der Waals surface area (Å²) < 4.78 is 5.10. The van der Waals surface area contributed by atoms with Gasteiger partial charge in [0.05, 0.1) is 12.7 Å². The number of Topliss-reactive ketones (excluding diaryl/α,β-unsaturated/α-hetero) is 1. The molecule has 0 radical (unpaired) electrons. The number of ether oxygens (including phenoxy) is 1. The van der Waals surface area contributed by atoms with Crippen molar-refractivity contribution in [1.29, 1.82) is 0 Å². The van der Waals surface area contributed by atoms with Gasteiger partial charge in [-0.2, -0.15) is 0 Å². The second-order valence-electron chi connectivity index (χ2n) is 4.15. The fourth-order valence-corrected chi connectivity index (χ4v) is 1.87. The topological polar surface area (TPSA) is 39.2 Å². The van der Waals surface area contributed by atoms with Crippen molar-refractivity contribution in [1.82, 2.24) is 4.98 Å². The van der Waals surface area contributed by atoms with E-state index in [9.17, 15) is 4.79 Å². The van der Waals surface area contributed by atoms with Crippen molar-refractivity contribution < 1.29 is 9.53 Å². The Morgan fingerprint density at radius 2 is 2.11 bits per heavy atom. The molecule has 0 N–H and O–H groups in total. The highest BCUT2D eigenvalue weighted by Crippen LogP contribution is 2.17. The van der Waals surface area contributed by atoms with Crippen LogP contribution < -0.4 is 4.74 Å². The summed E-state index contributed by atoms with van der Waals surface area (Å²) in [6.45, 7) is 2.01. The maximum Gasteiger partial charge on any atom is 0.224 e. The smallest absolute Gasteiger partial charge is 0.224 e. The van der Waals surface area contributed by atoms with Gasteiger partial charge < -0.3 is 4.74 Å². The number of hydrogen-bond donors (Lipinski definition) is 0. The molecule has 0 aliphatic rings. The van der Waals surface area contributed by atoms with Gasteiger partial charge in [0, 0.05) is 12.6 Å². The van der Waals surface area contributed by atoms with Gasteiger partial charge in [-0.1, -0.05) is 29.8 Å². The van der Waals surface area contributed by atoms with Crippen molar-refractivity contribution in [2.75, 3.05) is 7.11 Å². The Hall–Kier alpha value is -2.16. The van der Waals surface area contributed by atoms with Gasteiger partial charge in [0.1, 0.15) is 0 Å². The normalized spacial score (nSPS) is 10.1. The van der Waals surface area contributed by atoms with Gasteiger partial charge in [-0.15, -0.1) is 0 Å². The van der Waals surface area contributed by atoms with Crippen LogP contribution in [0.1, 0.15) is 21.5 Å². The van der Waals surface area contributed by atoms with Crippen LogP contribution in [-0.4, -0.2) is 17.9 Å². The highest BCUT2D eigenvalue weighted by atomic mass is 16.5. The highest BCUT2D eigenvalue weighted by Gasteiger charge is 2.13. The predicted octanol–water partition coefficient (Wildman–Crippen LogP) is 2.82. The molecule has 0 amide bonds. The molecule has 3 heteroatoms.